The third kappa shape index (κ3) is 2.49. The predicted molar refractivity (Wildman–Crippen MR) is 95.7 cm³/mol. The Hall–Kier alpha value is -2.13. The molecular weight excluding hydrogens is 364 g/mol. The molecule has 4 rings (SSSR count). The molecule has 1 aromatic carbocycles. The maximum Gasteiger partial charge on any atom is 0.342 e. The van der Waals surface area contributed by atoms with Gasteiger partial charge in [-0.1, -0.05) is 11.8 Å². The average molecular weight is 381 g/mol. The van der Waals surface area contributed by atoms with Gasteiger partial charge in [-0.25, -0.2) is 13.6 Å². The number of thioether (sulfide) groups is 1. The van der Waals surface area contributed by atoms with Crippen LogP contribution in [0.3, 0.4) is 0 Å². The van der Waals surface area contributed by atoms with E-state index in [1.54, 1.807) is 6.07 Å². The van der Waals surface area contributed by atoms with Gasteiger partial charge in [0, 0.05) is 31.6 Å². The van der Waals surface area contributed by atoms with Crippen molar-refractivity contribution in [1.29, 1.82) is 0 Å². The second-order valence-corrected chi connectivity index (χ2v) is 7.69. The fourth-order valence-electron chi connectivity index (χ4n) is 3.51. The lowest BCUT2D eigenvalue weighted by Crippen LogP contribution is -2.44. The summed E-state index contributed by atoms with van der Waals surface area (Å²) in [6.07, 6.45) is 0. The number of hydrogen-bond donors (Lipinski definition) is 1. The summed E-state index contributed by atoms with van der Waals surface area (Å²) in [5.74, 6) is -1.95. The summed E-state index contributed by atoms with van der Waals surface area (Å²) in [5.41, 5.74) is -0.407. The molecule has 9 heteroatoms. The topological polar surface area (TPSA) is 65.8 Å². The van der Waals surface area contributed by atoms with Gasteiger partial charge in [0.15, 0.2) is 0 Å². The number of aromatic carboxylic acids is 1. The summed E-state index contributed by atoms with van der Waals surface area (Å²) in [4.78, 5) is 28.1. The molecule has 0 aliphatic carbocycles. The van der Waals surface area contributed by atoms with Crippen LogP contribution in [0.1, 0.15) is 15.7 Å². The molecule has 26 heavy (non-hydrogen) atoms. The summed E-state index contributed by atoms with van der Waals surface area (Å²) < 4.78 is 29.5. The Morgan fingerprint density at radius 1 is 1.31 bits per heavy atom. The number of fused-ring (bicyclic) bond motifs is 3. The van der Waals surface area contributed by atoms with Gasteiger partial charge >= 0.3 is 5.97 Å². The van der Waals surface area contributed by atoms with Gasteiger partial charge in [-0.05, 0) is 19.2 Å². The average Bonchev–Trinajstić information content (AvgIpc) is 2.58. The first-order valence-electron chi connectivity index (χ1n) is 8.23. The van der Waals surface area contributed by atoms with Crippen molar-refractivity contribution in [2.75, 3.05) is 44.8 Å². The van der Waals surface area contributed by atoms with E-state index in [0.717, 1.165) is 30.9 Å². The molecule has 0 unspecified atom stereocenters. The maximum absolute atomic E-state index is 14.7. The molecule has 1 fully saturated rings. The number of carboxylic acids is 1. The lowest BCUT2D eigenvalue weighted by Gasteiger charge is -2.36. The lowest BCUT2D eigenvalue weighted by molar-refractivity contribution is 0.0689. The van der Waals surface area contributed by atoms with Crippen molar-refractivity contribution in [2.45, 2.75) is 10.4 Å². The predicted octanol–water partition coefficient (Wildman–Crippen LogP) is 2.16. The van der Waals surface area contributed by atoms with Crippen molar-refractivity contribution < 1.29 is 18.7 Å². The second kappa shape index (κ2) is 6.24. The molecule has 138 valence electrons. The summed E-state index contributed by atoms with van der Waals surface area (Å²) in [6, 6.07) is 2.64. The highest BCUT2D eigenvalue weighted by Gasteiger charge is 2.35. The van der Waals surface area contributed by atoms with Gasteiger partial charge in [-0.3, -0.25) is 4.79 Å². The monoisotopic (exact) mass is 381 g/mol. The number of anilines is 1. The minimum Gasteiger partial charge on any atom is -0.477 e. The molecular formula is C17H17F2N3O3S. The zero-order valence-electron chi connectivity index (χ0n) is 14.0. The van der Waals surface area contributed by atoms with Crippen molar-refractivity contribution in [3.05, 3.63) is 33.7 Å². The Labute approximate surface area is 152 Å². The zero-order valence-corrected chi connectivity index (χ0v) is 14.9. The normalized spacial score (nSPS) is 20.1. The molecule has 2 aromatic rings. The van der Waals surface area contributed by atoms with Crippen LogP contribution in [0.5, 0.6) is 0 Å². The fourth-order valence-corrected chi connectivity index (χ4v) is 4.63. The van der Waals surface area contributed by atoms with Crippen LogP contribution in [0.2, 0.25) is 0 Å². The van der Waals surface area contributed by atoms with E-state index >= 15 is 0 Å². The molecule has 0 saturated carbocycles. The smallest absolute Gasteiger partial charge is 0.342 e. The summed E-state index contributed by atoms with van der Waals surface area (Å²) in [6.45, 7) is 2.16. The first kappa shape index (κ1) is 17.3. The summed E-state index contributed by atoms with van der Waals surface area (Å²) >= 11 is 1.02. The molecule has 1 atom stereocenters. The Morgan fingerprint density at radius 2 is 2.00 bits per heavy atom. The first-order valence-corrected chi connectivity index (χ1v) is 9.11. The van der Waals surface area contributed by atoms with Crippen LogP contribution in [0, 0.1) is 5.82 Å². The van der Waals surface area contributed by atoms with Crippen LogP contribution < -0.4 is 10.3 Å². The molecule has 3 heterocycles. The van der Waals surface area contributed by atoms with Gasteiger partial charge < -0.3 is 19.5 Å². The molecule has 1 N–H and O–H groups in total. The lowest BCUT2D eigenvalue weighted by atomic mass is 10.1. The SMILES string of the molecule is CN1CCN(c2cc3c(cc2F)c(=O)c(C(=O)O)c2n3[C@H](CF)S2)CC1. The van der Waals surface area contributed by atoms with Gasteiger partial charge in [0.05, 0.1) is 16.2 Å². The molecule has 2 aliphatic rings. The van der Waals surface area contributed by atoms with E-state index in [4.69, 9.17) is 0 Å². The highest BCUT2D eigenvalue weighted by atomic mass is 32.2. The van der Waals surface area contributed by atoms with E-state index in [1.807, 2.05) is 11.9 Å². The van der Waals surface area contributed by atoms with Crippen molar-refractivity contribution in [3.63, 3.8) is 0 Å². The largest absolute Gasteiger partial charge is 0.477 e. The Bertz CT molecular complexity index is 970. The number of pyridine rings is 1. The van der Waals surface area contributed by atoms with E-state index in [1.165, 1.54) is 4.57 Å². The highest BCUT2D eigenvalue weighted by molar-refractivity contribution is 8.00. The van der Waals surface area contributed by atoms with Gasteiger partial charge in [0.1, 0.15) is 23.4 Å². The second-order valence-electron chi connectivity index (χ2n) is 6.52. The van der Waals surface area contributed by atoms with E-state index < -0.39 is 34.8 Å². The first-order chi connectivity index (χ1) is 12.4. The van der Waals surface area contributed by atoms with E-state index in [0.29, 0.717) is 24.3 Å². The van der Waals surface area contributed by atoms with Gasteiger partial charge in [0.2, 0.25) is 5.43 Å². The number of halogens is 2. The third-order valence-corrected chi connectivity index (χ3v) is 6.19. The Morgan fingerprint density at radius 3 is 2.62 bits per heavy atom. The highest BCUT2D eigenvalue weighted by Crippen LogP contribution is 2.47. The number of rotatable bonds is 3. The molecule has 0 spiro atoms. The molecule has 1 aromatic heterocycles. The molecule has 0 bridgehead atoms. The van der Waals surface area contributed by atoms with Crippen LogP contribution >= 0.6 is 11.8 Å². The minimum atomic E-state index is -1.38. The van der Waals surface area contributed by atoms with E-state index in [2.05, 4.69) is 4.90 Å². The molecule has 1 saturated heterocycles. The zero-order chi connectivity index (χ0) is 18.6. The van der Waals surface area contributed by atoms with E-state index in [-0.39, 0.29) is 10.4 Å². The number of alkyl halides is 1. The minimum absolute atomic E-state index is 0.0275. The molecule has 6 nitrogen and oxygen atoms in total. The number of carbonyl (C=O) groups is 1. The number of likely N-dealkylation sites (N-methyl/N-ethyl adjacent to an activating group) is 1. The number of nitrogens with zero attached hydrogens (tertiary/aromatic N) is 3. The van der Waals surface area contributed by atoms with E-state index in [9.17, 15) is 23.5 Å². The third-order valence-electron chi connectivity index (χ3n) is 4.95. The Kier molecular flexibility index (Phi) is 4.15. The van der Waals surface area contributed by atoms with Crippen LogP contribution in [-0.4, -0.2) is 60.4 Å². The van der Waals surface area contributed by atoms with Crippen LogP contribution in [0.4, 0.5) is 14.5 Å². The maximum atomic E-state index is 14.7. The van der Waals surface area contributed by atoms with Crippen molar-refractivity contribution in [1.82, 2.24) is 9.47 Å². The van der Waals surface area contributed by atoms with Crippen LogP contribution in [-0.2, 0) is 0 Å². The molecule has 0 amide bonds. The van der Waals surface area contributed by atoms with Crippen molar-refractivity contribution in [3.8, 4) is 0 Å². The van der Waals surface area contributed by atoms with Gasteiger partial charge in [-0.15, -0.1) is 0 Å². The van der Waals surface area contributed by atoms with Crippen molar-refractivity contribution >= 4 is 34.3 Å². The Balaban J connectivity index is 1.93. The number of benzene rings is 1. The van der Waals surface area contributed by atoms with Crippen molar-refractivity contribution in [2.24, 2.45) is 0 Å². The number of aromatic nitrogens is 1. The quantitative estimate of drug-likeness (QED) is 0.879. The molecule has 0 radical (unpaired) electrons. The number of hydrogen-bond acceptors (Lipinski definition) is 5. The molecule has 2 aliphatic heterocycles. The summed E-state index contributed by atoms with van der Waals surface area (Å²) in [5, 5.41) is 8.95. The number of piperazine rings is 1. The standard InChI is InChI=1S/C17H17F2N3O3S/c1-20-2-4-21(5-3-20)12-7-11-9(6-10(12)19)15(23)14(17(24)25)16-22(11)13(8-18)26-16/h6-7,13H,2-5,8H2,1H3,(H,24,25)/t13-/m0/s1. The fraction of sp³-hybridized carbons (Fsp3) is 0.412. The van der Waals surface area contributed by atoms with Gasteiger partial charge in [0.25, 0.3) is 0 Å². The van der Waals surface area contributed by atoms with Crippen LogP contribution in [0.15, 0.2) is 22.0 Å². The van der Waals surface area contributed by atoms with Crippen LogP contribution in [0.25, 0.3) is 10.9 Å². The number of carboxylic acid groups (broad SMARTS) is 1. The summed E-state index contributed by atoms with van der Waals surface area (Å²) in [7, 11) is 1.99. The van der Waals surface area contributed by atoms with Gasteiger partial charge in [-0.2, -0.15) is 0 Å².